The maximum Gasteiger partial charge on any atom is 0.338 e. The molecule has 1 aromatic rings. The van der Waals surface area contributed by atoms with Crippen molar-refractivity contribution in [2.24, 2.45) is 0 Å². The maximum atomic E-state index is 12.0. The van der Waals surface area contributed by atoms with Gasteiger partial charge in [0.15, 0.2) is 0 Å². The molecule has 1 rings (SSSR count). The molecule has 0 atom stereocenters. The zero-order chi connectivity index (χ0) is 17.1. The summed E-state index contributed by atoms with van der Waals surface area (Å²) in [5, 5.41) is 0. The van der Waals surface area contributed by atoms with Crippen LogP contribution in [0.5, 0.6) is 0 Å². The monoisotopic (exact) mass is 324 g/mol. The third-order valence-corrected chi connectivity index (χ3v) is 3.07. The minimum absolute atomic E-state index is 0.251. The standard InChI is InChI=1S/C17H24O6/c1-4-5-10-22-16(18)13-6-8-14(9-7-13)17(19)23-15(11-20-2)12-21-3/h6-9,15H,4-5,10-12H2,1-3H3. The normalized spacial score (nSPS) is 10.6. The van der Waals surface area contributed by atoms with Gasteiger partial charge in [0, 0.05) is 14.2 Å². The van der Waals surface area contributed by atoms with Crippen molar-refractivity contribution < 1.29 is 28.5 Å². The second-order valence-electron chi connectivity index (χ2n) is 5.00. The molecule has 0 saturated carbocycles. The topological polar surface area (TPSA) is 71.1 Å². The van der Waals surface area contributed by atoms with Crippen molar-refractivity contribution in [2.45, 2.75) is 25.9 Å². The van der Waals surface area contributed by atoms with Gasteiger partial charge in [-0.15, -0.1) is 0 Å². The highest BCUT2D eigenvalue weighted by Gasteiger charge is 2.16. The van der Waals surface area contributed by atoms with Crippen molar-refractivity contribution >= 4 is 11.9 Å². The van der Waals surface area contributed by atoms with Crippen molar-refractivity contribution in [1.82, 2.24) is 0 Å². The van der Waals surface area contributed by atoms with Gasteiger partial charge in [0.1, 0.15) is 6.10 Å². The van der Waals surface area contributed by atoms with Gasteiger partial charge >= 0.3 is 11.9 Å². The highest BCUT2D eigenvalue weighted by Crippen LogP contribution is 2.09. The zero-order valence-corrected chi connectivity index (χ0v) is 13.9. The Balaban J connectivity index is 2.60. The van der Waals surface area contributed by atoms with Gasteiger partial charge in [-0.05, 0) is 30.7 Å². The number of benzene rings is 1. The van der Waals surface area contributed by atoms with Crippen LogP contribution in [0.3, 0.4) is 0 Å². The van der Waals surface area contributed by atoms with E-state index < -0.39 is 18.0 Å². The number of esters is 2. The highest BCUT2D eigenvalue weighted by atomic mass is 16.6. The number of carbonyl (C=O) groups is 2. The second kappa shape index (κ2) is 10.7. The van der Waals surface area contributed by atoms with Crippen molar-refractivity contribution in [3.63, 3.8) is 0 Å². The number of rotatable bonds is 10. The molecule has 1 aromatic carbocycles. The first-order chi connectivity index (χ1) is 11.1. The van der Waals surface area contributed by atoms with Crippen molar-refractivity contribution in [3.05, 3.63) is 35.4 Å². The molecule has 0 saturated heterocycles. The van der Waals surface area contributed by atoms with Crippen LogP contribution in [0.2, 0.25) is 0 Å². The smallest absolute Gasteiger partial charge is 0.338 e. The summed E-state index contributed by atoms with van der Waals surface area (Å²) in [6.07, 6.45) is 1.31. The fraction of sp³-hybridized carbons (Fsp3) is 0.529. The summed E-state index contributed by atoms with van der Waals surface area (Å²) in [5.74, 6) is -0.884. The summed E-state index contributed by atoms with van der Waals surface area (Å²) in [6, 6.07) is 6.17. The lowest BCUT2D eigenvalue weighted by Gasteiger charge is -2.16. The van der Waals surface area contributed by atoms with E-state index in [0.29, 0.717) is 17.7 Å². The number of methoxy groups -OCH3 is 2. The summed E-state index contributed by atoms with van der Waals surface area (Å²) in [4.78, 5) is 23.8. The van der Waals surface area contributed by atoms with Crippen LogP contribution in [0, 0.1) is 0 Å². The molecular weight excluding hydrogens is 300 g/mol. The molecule has 0 heterocycles. The molecule has 0 unspecified atom stereocenters. The highest BCUT2D eigenvalue weighted by molar-refractivity contribution is 5.93. The molecule has 0 aliphatic rings. The largest absolute Gasteiger partial charge is 0.462 e. The number of carbonyl (C=O) groups excluding carboxylic acids is 2. The molecular formula is C17H24O6. The van der Waals surface area contributed by atoms with Crippen LogP contribution >= 0.6 is 0 Å². The molecule has 0 aromatic heterocycles. The lowest BCUT2D eigenvalue weighted by molar-refractivity contribution is -0.0223. The Morgan fingerprint density at radius 1 is 0.957 bits per heavy atom. The van der Waals surface area contributed by atoms with E-state index in [4.69, 9.17) is 18.9 Å². The first-order valence-electron chi connectivity index (χ1n) is 7.58. The summed E-state index contributed by atoms with van der Waals surface area (Å²) >= 11 is 0. The van der Waals surface area contributed by atoms with Crippen molar-refractivity contribution in [3.8, 4) is 0 Å². The van der Waals surface area contributed by atoms with E-state index in [-0.39, 0.29) is 13.2 Å². The van der Waals surface area contributed by atoms with Gasteiger partial charge < -0.3 is 18.9 Å². The molecule has 23 heavy (non-hydrogen) atoms. The first kappa shape index (κ1) is 19.1. The molecule has 0 bridgehead atoms. The van der Waals surface area contributed by atoms with E-state index in [0.717, 1.165) is 12.8 Å². The summed E-state index contributed by atoms with van der Waals surface area (Å²) in [6.45, 7) is 2.92. The van der Waals surface area contributed by atoms with Crippen LogP contribution in [0.1, 0.15) is 40.5 Å². The van der Waals surface area contributed by atoms with Gasteiger partial charge in [-0.3, -0.25) is 0 Å². The third kappa shape index (κ3) is 6.80. The predicted octanol–water partition coefficient (Wildman–Crippen LogP) is 2.46. The molecule has 0 N–H and O–H groups in total. The third-order valence-electron chi connectivity index (χ3n) is 3.07. The molecule has 0 aliphatic carbocycles. The Morgan fingerprint density at radius 2 is 1.48 bits per heavy atom. The van der Waals surface area contributed by atoms with E-state index in [9.17, 15) is 9.59 Å². The molecule has 128 valence electrons. The van der Waals surface area contributed by atoms with E-state index >= 15 is 0 Å². The summed E-state index contributed by atoms with van der Waals surface area (Å²) in [5.41, 5.74) is 0.760. The molecule has 6 heteroatoms. The van der Waals surface area contributed by atoms with Gasteiger partial charge in [-0.2, -0.15) is 0 Å². The van der Waals surface area contributed by atoms with Crippen LogP contribution < -0.4 is 0 Å². The lowest BCUT2D eigenvalue weighted by atomic mass is 10.1. The van der Waals surface area contributed by atoms with E-state index in [2.05, 4.69) is 0 Å². The average molecular weight is 324 g/mol. The Labute approximate surface area is 136 Å². The average Bonchev–Trinajstić information content (AvgIpc) is 2.55. The van der Waals surface area contributed by atoms with Gasteiger partial charge in [-0.25, -0.2) is 9.59 Å². The maximum absolute atomic E-state index is 12.0. The minimum atomic E-state index is -0.491. The molecule has 0 fully saturated rings. The molecule has 0 amide bonds. The fourth-order valence-electron chi connectivity index (χ4n) is 1.84. The summed E-state index contributed by atoms with van der Waals surface area (Å²) < 4.78 is 20.3. The van der Waals surface area contributed by atoms with Gasteiger partial charge in [0.25, 0.3) is 0 Å². The van der Waals surface area contributed by atoms with E-state index in [1.54, 1.807) is 12.1 Å². The quantitative estimate of drug-likeness (QED) is 0.486. The van der Waals surface area contributed by atoms with Gasteiger partial charge in [0.2, 0.25) is 0 Å². The number of unbranched alkanes of at least 4 members (excludes halogenated alkanes) is 1. The van der Waals surface area contributed by atoms with E-state index in [1.165, 1.54) is 26.4 Å². The Kier molecular flexibility index (Phi) is 8.94. The van der Waals surface area contributed by atoms with Gasteiger partial charge in [0.05, 0.1) is 30.9 Å². The zero-order valence-electron chi connectivity index (χ0n) is 13.9. The fourth-order valence-corrected chi connectivity index (χ4v) is 1.84. The molecule has 6 nitrogen and oxygen atoms in total. The SMILES string of the molecule is CCCCOC(=O)c1ccc(C(=O)OC(COC)COC)cc1. The first-order valence-corrected chi connectivity index (χ1v) is 7.58. The van der Waals surface area contributed by atoms with E-state index in [1.807, 2.05) is 6.92 Å². The Morgan fingerprint density at radius 3 is 1.96 bits per heavy atom. The Bertz CT molecular complexity index is 476. The number of hydrogen-bond donors (Lipinski definition) is 0. The van der Waals surface area contributed by atoms with Crippen LogP contribution in [0.15, 0.2) is 24.3 Å². The van der Waals surface area contributed by atoms with Crippen molar-refractivity contribution in [1.29, 1.82) is 0 Å². The predicted molar refractivity (Wildman–Crippen MR) is 84.6 cm³/mol. The summed E-state index contributed by atoms with van der Waals surface area (Å²) in [7, 11) is 3.05. The van der Waals surface area contributed by atoms with Crippen LogP contribution in [-0.2, 0) is 18.9 Å². The molecule has 0 radical (unpaired) electrons. The number of ether oxygens (including phenoxy) is 4. The number of hydrogen-bond acceptors (Lipinski definition) is 6. The lowest BCUT2D eigenvalue weighted by Crippen LogP contribution is -2.27. The van der Waals surface area contributed by atoms with Gasteiger partial charge in [-0.1, -0.05) is 13.3 Å². The Hall–Kier alpha value is -1.92. The van der Waals surface area contributed by atoms with Crippen LogP contribution in [0.25, 0.3) is 0 Å². The van der Waals surface area contributed by atoms with Crippen molar-refractivity contribution in [2.75, 3.05) is 34.0 Å². The molecule has 0 spiro atoms. The minimum Gasteiger partial charge on any atom is -0.462 e. The van der Waals surface area contributed by atoms with Crippen LogP contribution in [0.4, 0.5) is 0 Å². The second-order valence-corrected chi connectivity index (χ2v) is 5.00. The van der Waals surface area contributed by atoms with Crippen LogP contribution in [-0.4, -0.2) is 52.1 Å². The molecule has 0 aliphatic heterocycles.